The van der Waals surface area contributed by atoms with Crippen LogP contribution in [0.1, 0.15) is 10.4 Å². The minimum atomic E-state index is -0.146. The Morgan fingerprint density at radius 2 is 1.86 bits per heavy atom. The van der Waals surface area contributed by atoms with E-state index in [0.29, 0.717) is 17.1 Å². The molecule has 5 heteroatoms. The van der Waals surface area contributed by atoms with Gasteiger partial charge >= 0.3 is 0 Å². The van der Waals surface area contributed by atoms with Crippen molar-refractivity contribution in [3.05, 3.63) is 52.5 Å². The fourth-order valence-electron chi connectivity index (χ4n) is 1.96. The summed E-state index contributed by atoms with van der Waals surface area (Å²) >= 11 is 3.37. The van der Waals surface area contributed by atoms with Gasteiger partial charge in [0.15, 0.2) is 0 Å². The van der Waals surface area contributed by atoms with Crippen molar-refractivity contribution >= 4 is 27.5 Å². The van der Waals surface area contributed by atoms with Gasteiger partial charge in [-0.2, -0.15) is 0 Å². The summed E-state index contributed by atoms with van der Waals surface area (Å²) in [6.45, 7) is 0. The molecule has 0 bridgehead atoms. The maximum absolute atomic E-state index is 12.6. The van der Waals surface area contributed by atoms with Crippen LogP contribution in [0.15, 0.2) is 46.9 Å². The van der Waals surface area contributed by atoms with Crippen molar-refractivity contribution in [1.29, 1.82) is 0 Å². The quantitative estimate of drug-likeness (QED) is 0.843. The summed E-state index contributed by atoms with van der Waals surface area (Å²) in [5, 5.41) is 0. The molecular formula is C16H16BrNO3. The zero-order valence-corrected chi connectivity index (χ0v) is 13.7. The second-order valence-corrected chi connectivity index (χ2v) is 5.33. The number of carbonyl (C=O) groups is 1. The minimum Gasteiger partial charge on any atom is -0.497 e. The molecule has 0 saturated carbocycles. The van der Waals surface area contributed by atoms with Crippen molar-refractivity contribution in [3.8, 4) is 11.5 Å². The molecule has 0 unspecified atom stereocenters. The van der Waals surface area contributed by atoms with E-state index in [9.17, 15) is 4.79 Å². The van der Waals surface area contributed by atoms with E-state index in [4.69, 9.17) is 9.47 Å². The van der Waals surface area contributed by atoms with Crippen LogP contribution in [0.3, 0.4) is 0 Å². The van der Waals surface area contributed by atoms with Crippen LogP contribution in [0, 0.1) is 0 Å². The van der Waals surface area contributed by atoms with Gasteiger partial charge in [-0.25, -0.2) is 0 Å². The average molecular weight is 350 g/mol. The number of hydrogen-bond acceptors (Lipinski definition) is 3. The first-order valence-corrected chi connectivity index (χ1v) is 7.11. The van der Waals surface area contributed by atoms with Gasteiger partial charge in [0.05, 0.1) is 19.8 Å². The molecule has 0 aromatic heterocycles. The molecule has 4 nitrogen and oxygen atoms in total. The second-order valence-electron chi connectivity index (χ2n) is 4.41. The van der Waals surface area contributed by atoms with E-state index in [1.807, 2.05) is 30.3 Å². The number of halogens is 1. The van der Waals surface area contributed by atoms with Crippen molar-refractivity contribution in [1.82, 2.24) is 0 Å². The van der Waals surface area contributed by atoms with E-state index in [1.54, 1.807) is 38.3 Å². The van der Waals surface area contributed by atoms with Crippen molar-refractivity contribution in [2.45, 2.75) is 0 Å². The summed E-state index contributed by atoms with van der Waals surface area (Å²) in [7, 11) is 4.86. The number of benzene rings is 2. The van der Waals surface area contributed by atoms with Crippen molar-refractivity contribution in [2.24, 2.45) is 0 Å². The summed E-state index contributed by atoms with van der Waals surface area (Å²) in [5.41, 5.74) is 1.26. The summed E-state index contributed by atoms with van der Waals surface area (Å²) in [6, 6.07) is 12.7. The maximum Gasteiger partial charge on any atom is 0.261 e. The number of amides is 1. The van der Waals surface area contributed by atoms with Gasteiger partial charge in [0.1, 0.15) is 11.5 Å². The van der Waals surface area contributed by atoms with Gasteiger partial charge in [-0.05, 0) is 30.3 Å². The van der Waals surface area contributed by atoms with Crippen LogP contribution in [0.4, 0.5) is 5.69 Å². The van der Waals surface area contributed by atoms with Gasteiger partial charge < -0.3 is 14.4 Å². The molecule has 0 aliphatic carbocycles. The highest BCUT2D eigenvalue weighted by Crippen LogP contribution is 2.27. The van der Waals surface area contributed by atoms with Crippen LogP contribution in [0.5, 0.6) is 11.5 Å². The third-order valence-corrected chi connectivity index (χ3v) is 3.63. The topological polar surface area (TPSA) is 38.8 Å². The van der Waals surface area contributed by atoms with Gasteiger partial charge in [-0.15, -0.1) is 0 Å². The smallest absolute Gasteiger partial charge is 0.261 e. The standard InChI is InChI=1S/C16H16BrNO3/c1-18(12-5-4-6-13(10-12)20-2)16(19)14-8-7-11(17)9-15(14)21-3/h4-10H,1-3H3. The normalized spacial score (nSPS) is 10.1. The molecule has 0 heterocycles. The Morgan fingerprint density at radius 3 is 2.52 bits per heavy atom. The Labute approximate surface area is 132 Å². The molecule has 2 rings (SSSR count). The zero-order valence-electron chi connectivity index (χ0n) is 12.1. The lowest BCUT2D eigenvalue weighted by atomic mass is 10.1. The lowest BCUT2D eigenvalue weighted by molar-refractivity contribution is 0.0990. The summed E-state index contributed by atoms with van der Waals surface area (Å²) in [5.74, 6) is 1.09. The number of carbonyl (C=O) groups excluding carboxylic acids is 1. The van der Waals surface area contributed by atoms with Crippen LogP contribution in [-0.2, 0) is 0 Å². The molecule has 0 N–H and O–H groups in total. The molecule has 110 valence electrons. The van der Waals surface area contributed by atoms with E-state index in [-0.39, 0.29) is 5.91 Å². The predicted molar refractivity (Wildman–Crippen MR) is 86.4 cm³/mol. The zero-order chi connectivity index (χ0) is 15.4. The van der Waals surface area contributed by atoms with Crippen molar-refractivity contribution in [2.75, 3.05) is 26.2 Å². The highest BCUT2D eigenvalue weighted by Gasteiger charge is 2.18. The molecule has 0 saturated heterocycles. The Bertz CT molecular complexity index is 658. The lowest BCUT2D eigenvalue weighted by Gasteiger charge is -2.19. The summed E-state index contributed by atoms with van der Waals surface area (Å²) in [4.78, 5) is 14.2. The fraction of sp³-hybridized carbons (Fsp3) is 0.188. The van der Waals surface area contributed by atoms with Gasteiger partial charge in [-0.3, -0.25) is 4.79 Å². The number of rotatable bonds is 4. The molecule has 1 amide bonds. The second kappa shape index (κ2) is 6.63. The SMILES string of the molecule is COc1cccc(N(C)C(=O)c2ccc(Br)cc2OC)c1. The van der Waals surface area contributed by atoms with Crippen molar-refractivity contribution in [3.63, 3.8) is 0 Å². The maximum atomic E-state index is 12.6. The lowest BCUT2D eigenvalue weighted by Crippen LogP contribution is -2.26. The Morgan fingerprint density at radius 1 is 1.10 bits per heavy atom. The number of anilines is 1. The monoisotopic (exact) mass is 349 g/mol. The first-order chi connectivity index (χ1) is 10.1. The van der Waals surface area contributed by atoms with E-state index in [2.05, 4.69) is 15.9 Å². The number of hydrogen-bond donors (Lipinski definition) is 0. The Kier molecular flexibility index (Phi) is 4.85. The first-order valence-electron chi connectivity index (χ1n) is 6.32. The molecule has 0 spiro atoms. The fourth-order valence-corrected chi connectivity index (χ4v) is 2.30. The van der Waals surface area contributed by atoms with Crippen molar-refractivity contribution < 1.29 is 14.3 Å². The third kappa shape index (κ3) is 3.36. The largest absolute Gasteiger partial charge is 0.497 e. The molecule has 0 radical (unpaired) electrons. The first kappa shape index (κ1) is 15.4. The summed E-state index contributed by atoms with van der Waals surface area (Å²) < 4.78 is 11.3. The number of ether oxygens (including phenoxy) is 2. The van der Waals surface area contributed by atoms with Gasteiger partial charge in [0, 0.05) is 23.3 Å². The highest BCUT2D eigenvalue weighted by atomic mass is 79.9. The predicted octanol–water partition coefficient (Wildman–Crippen LogP) is 3.74. The van der Waals surface area contributed by atoms with Gasteiger partial charge in [0.2, 0.25) is 0 Å². The minimum absolute atomic E-state index is 0.146. The van der Waals surface area contributed by atoms with E-state index < -0.39 is 0 Å². The molecule has 0 aliphatic heterocycles. The molecule has 0 atom stereocenters. The van der Waals surface area contributed by atoms with E-state index in [1.165, 1.54) is 0 Å². The van der Waals surface area contributed by atoms with E-state index in [0.717, 1.165) is 10.2 Å². The Balaban J connectivity index is 2.34. The summed E-state index contributed by atoms with van der Waals surface area (Å²) in [6.07, 6.45) is 0. The van der Waals surface area contributed by atoms with Crippen LogP contribution < -0.4 is 14.4 Å². The van der Waals surface area contributed by atoms with Gasteiger partial charge in [0.25, 0.3) is 5.91 Å². The molecule has 2 aromatic rings. The van der Waals surface area contributed by atoms with E-state index >= 15 is 0 Å². The average Bonchev–Trinajstić information content (AvgIpc) is 2.53. The molecule has 0 aliphatic rings. The highest BCUT2D eigenvalue weighted by molar-refractivity contribution is 9.10. The number of methoxy groups -OCH3 is 2. The van der Waals surface area contributed by atoms with Crippen LogP contribution in [0.2, 0.25) is 0 Å². The molecule has 2 aromatic carbocycles. The molecule has 0 fully saturated rings. The Hall–Kier alpha value is -2.01. The third-order valence-electron chi connectivity index (χ3n) is 3.14. The van der Waals surface area contributed by atoms with Gasteiger partial charge in [-0.1, -0.05) is 22.0 Å². The molecule has 21 heavy (non-hydrogen) atoms. The number of nitrogens with zero attached hydrogens (tertiary/aromatic N) is 1. The van der Waals surface area contributed by atoms with Crippen LogP contribution in [0.25, 0.3) is 0 Å². The molecular weight excluding hydrogens is 334 g/mol. The van der Waals surface area contributed by atoms with Crippen LogP contribution >= 0.6 is 15.9 Å². The van der Waals surface area contributed by atoms with Crippen LogP contribution in [-0.4, -0.2) is 27.2 Å².